The largest absolute Gasteiger partial charge is 0.344 e. The molecule has 0 aromatic heterocycles. The first kappa shape index (κ1) is 30.3. The SMILES string of the molecule is C=C/C=C\C(=C/C)c1ccccc1.CCC(C)c1c(-c2cc3ccccc3cc2C)cccc1N(C)c1ccccc1. The molecular formula is C41H43N. The zero-order valence-corrected chi connectivity index (χ0v) is 25.7. The average molecular weight is 550 g/mol. The van der Waals surface area contributed by atoms with Crippen LogP contribution in [0.3, 0.4) is 0 Å². The van der Waals surface area contributed by atoms with Crippen LogP contribution in [0.2, 0.25) is 0 Å². The molecule has 0 radical (unpaired) electrons. The van der Waals surface area contributed by atoms with E-state index >= 15 is 0 Å². The molecule has 0 fully saturated rings. The van der Waals surface area contributed by atoms with Gasteiger partial charge >= 0.3 is 0 Å². The fraction of sp³-hybridized carbons (Fsp3) is 0.171. The Morgan fingerprint density at radius 3 is 2.02 bits per heavy atom. The summed E-state index contributed by atoms with van der Waals surface area (Å²) in [5.41, 5.74) is 10.4. The summed E-state index contributed by atoms with van der Waals surface area (Å²) in [4.78, 5) is 2.32. The van der Waals surface area contributed by atoms with Gasteiger partial charge in [0.2, 0.25) is 0 Å². The lowest BCUT2D eigenvalue weighted by Crippen LogP contribution is -2.13. The molecule has 0 bridgehead atoms. The number of para-hydroxylation sites is 1. The summed E-state index contributed by atoms with van der Waals surface area (Å²) < 4.78 is 0. The highest BCUT2D eigenvalue weighted by molar-refractivity contribution is 5.91. The first-order valence-electron chi connectivity index (χ1n) is 14.9. The van der Waals surface area contributed by atoms with Crippen molar-refractivity contribution in [2.75, 3.05) is 11.9 Å². The number of anilines is 2. The Hall–Kier alpha value is -4.62. The number of nitrogens with zero attached hydrogens (tertiary/aromatic N) is 1. The van der Waals surface area contributed by atoms with Crippen molar-refractivity contribution in [1.29, 1.82) is 0 Å². The van der Waals surface area contributed by atoms with Crippen molar-refractivity contribution in [2.45, 2.75) is 40.0 Å². The van der Waals surface area contributed by atoms with Crippen LogP contribution in [0.25, 0.3) is 27.5 Å². The van der Waals surface area contributed by atoms with Crippen molar-refractivity contribution in [1.82, 2.24) is 0 Å². The fourth-order valence-corrected chi connectivity index (χ4v) is 5.40. The molecular weight excluding hydrogens is 506 g/mol. The minimum atomic E-state index is 0.471. The zero-order valence-electron chi connectivity index (χ0n) is 25.7. The van der Waals surface area contributed by atoms with Crippen molar-refractivity contribution in [2.24, 2.45) is 0 Å². The van der Waals surface area contributed by atoms with E-state index in [9.17, 15) is 0 Å². The third-order valence-electron chi connectivity index (χ3n) is 7.91. The summed E-state index contributed by atoms with van der Waals surface area (Å²) in [5, 5.41) is 2.60. The molecule has 1 unspecified atom stereocenters. The maximum atomic E-state index is 3.65. The number of hydrogen-bond acceptors (Lipinski definition) is 1. The molecule has 0 aliphatic carbocycles. The first-order chi connectivity index (χ1) is 20.5. The van der Waals surface area contributed by atoms with E-state index in [0.717, 1.165) is 6.42 Å². The van der Waals surface area contributed by atoms with Gasteiger partial charge in [-0.3, -0.25) is 0 Å². The van der Waals surface area contributed by atoms with Gasteiger partial charge in [0, 0.05) is 18.4 Å². The molecule has 0 aliphatic rings. The normalized spacial score (nSPS) is 12.1. The van der Waals surface area contributed by atoms with Crippen LogP contribution in [-0.2, 0) is 0 Å². The number of fused-ring (bicyclic) bond motifs is 1. The van der Waals surface area contributed by atoms with E-state index in [1.807, 2.05) is 31.2 Å². The highest BCUT2D eigenvalue weighted by atomic mass is 15.1. The Bertz CT molecular complexity index is 1660. The zero-order chi connectivity index (χ0) is 29.9. The van der Waals surface area contributed by atoms with Crippen LogP contribution < -0.4 is 4.90 Å². The summed E-state index contributed by atoms with van der Waals surface area (Å²) >= 11 is 0. The predicted molar refractivity (Wildman–Crippen MR) is 187 cm³/mol. The lowest BCUT2D eigenvalue weighted by Gasteiger charge is -2.28. The summed E-state index contributed by atoms with van der Waals surface area (Å²) in [6.07, 6.45) is 8.99. The minimum absolute atomic E-state index is 0.471. The van der Waals surface area contributed by atoms with Gasteiger partial charge in [0.1, 0.15) is 0 Å². The summed E-state index contributed by atoms with van der Waals surface area (Å²) in [7, 11) is 2.17. The Kier molecular flexibility index (Phi) is 10.7. The average Bonchev–Trinajstić information content (AvgIpc) is 3.05. The van der Waals surface area contributed by atoms with E-state index in [-0.39, 0.29) is 0 Å². The van der Waals surface area contributed by atoms with Gasteiger partial charge in [0.05, 0.1) is 0 Å². The second-order valence-electron chi connectivity index (χ2n) is 10.7. The van der Waals surface area contributed by atoms with Gasteiger partial charge in [-0.2, -0.15) is 0 Å². The molecule has 42 heavy (non-hydrogen) atoms. The molecule has 212 valence electrons. The lowest BCUT2D eigenvalue weighted by atomic mass is 9.86. The van der Waals surface area contributed by atoms with Crippen molar-refractivity contribution in [3.05, 3.63) is 163 Å². The van der Waals surface area contributed by atoms with Gasteiger partial charge < -0.3 is 4.90 Å². The van der Waals surface area contributed by atoms with Gasteiger partial charge in [-0.25, -0.2) is 0 Å². The highest BCUT2D eigenvalue weighted by Gasteiger charge is 2.19. The molecule has 0 saturated carbocycles. The smallest absolute Gasteiger partial charge is 0.0449 e. The summed E-state index contributed by atoms with van der Waals surface area (Å²) in [6.45, 7) is 12.5. The van der Waals surface area contributed by atoms with Crippen LogP contribution in [-0.4, -0.2) is 7.05 Å². The Balaban J connectivity index is 0.000000262. The van der Waals surface area contributed by atoms with Crippen LogP contribution in [0.1, 0.15) is 49.8 Å². The molecule has 5 rings (SSSR count). The quantitative estimate of drug-likeness (QED) is 0.174. The number of allylic oxidation sites excluding steroid dienone is 5. The summed E-state index contributed by atoms with van der Waals surface area (Å²) in [5.74, 6) is 0.471. The van der Waals surface area contributed by atoms with Crippen LogP contribution in [0.5, 0.6) is 0 Å². The number of rotatable bonds is 8. The van der Waals surface area contributed by atoms with Gasteiger partial charge in [0.15, 0.2) is 0 Å². The van der Waals surface area contributed by atoms with Crippen LogP contribution in [0.15, 0.2) is 146 Å². The number of benzene rings is 5. The molecule has 0 saturated heterocycles. The van der Waals surface area contributed by atoms with Gasteiger partial charge in [0.25, 0.3) is 0 Å². The van der Waals surface area contributed by atoms with Crippen LogP contribution in [0.4, 0.5) is 11.4 Å². The van der Waals surface area contributed by atoms with Crippen molar-refractivity contribution < 1.29 is 0 Å². The summed E-state index contributed by atoms with van der Waals surface area (Å²) in [6, 6.07) is 41.0. The molecule has 1 atom stereocenters. The molecule has 5 aromatic rings. The molecule has 0 spiro atoms. The number of hydrogen-bond donors (Lipinski definition) is 0. The number of aryl methyl sites for hydroxylation is 1. The van der Waals surface area contributed by atoms with E-state index in [4.69, 9.17) is 0 Å². The second-order valence-corrected chi connectivity index (χ2v) is 10.7. The molecule has 0 aliphatic heterocycles. The van der Waals surface area contributed by atoms with Gasteiger partial charge in [-0.15, -0.1) is 0 Å². The third-order valence-corrected chi connectivity index (χ3v) is 7.91. The van der Waals surface area contributed by atoms with E-state index in [0.29, 0.717) is 5.92 Å². The maximum absolute atomic E-state index is 3.65. The molecule has 0 amide bonds. The Labute approximate surface area is 253 Å². The van der Waals surface area contributed by atoms with E-state index in [1.54, 1.807) is 6.08 Å². The van der Waals surface area contributed by atoms with Crippen LogP contribution >= 0.6 is 0 Å². The molecule has 0 N–H and O–H groups in total. The van der Waals surface area contributed by atoms with Crippen molar-refractivity contribution in [3.8, 4) is 11.1 Å². The maximum Gasteiger partial charge on any atom is 0.0449 e. The van der Waals surface area contributed by atoms with E-state index < -0.39 is 0 Å². The topological polar surface area (TPSA) is 3.24 Å². The third kappa shape index (κ3) is 7.17. The fourth-order valence-electron chi connectivity index (χ4n) is 5.40. The monoisotopic (exact) mass is 549 g/mol. The molecule has 1 nitrogen and oxygen atoms in total. The lowest BCUT2D eigenvalue weighted by molar-refractivity contribution is 0.734. The Morgan fingerprint density at radius 2 is 1.40 bits per heavy atom. The molecule has 5 aromatic carbocycles. The Morgan fingerprint density at radius 1 is 0.786 bits per heavy atom. The van der Waals surface area contributed by atoms with Crippen molar-refractivity contribution in [3.63, 3.8) is 0 Å². The van der Waals surface area contributed by atoms with E-state index in [1.165, 1.54) is 55.5 Å². The van der Waals surface area contributed by atoms with E-state index in [2.05, 4.69) is 149 Å². The van der Waals surface area contributed by atoms with Gasteiger partial charge in [-0.05, 0) is 94.6 Å². The molecule has 0 heterocycles. The van der Waals surface area contributed by atoms with Gasteiger partial charge in [-0.1, -0.05) is 136 Å². The molecule has 1 heteroatoms. The van der Waals surface area contributed by atoms with Crippen molar-refractivity contribution >= 4 is 27.7 Å². The van der Waals surface area contributed by atoms with Crippen LogP contribution in [0, 0.1) is 6.92 Å². The second kappa shape index (κ2) is 14.8. The highest BCUT2D eigenvalue weighted by Crippen LogP contribution is 2.41. The predicted octanol–water partition coefficient (Wildman–Crippen LogP) is 11.9. The standard InChI is InChI=1S/C28H29N.C13H14/c1-5-20(2)28-25(26-19-23-13-10-9-12-22(23)18-21(26)3)16-11-17-27(28)29(4)24-14-7-6-8-15-24;1-3-5-9-12(4-2)13-10-7-6-8-11-13/h6-20H,5H2,1-4H3;3-11H,1H2,2H3/b;9-5-,12-4+. The minimum Gasteiger partial charge on any atom is -0.344 e. The first-order valence-corrected chi connectivity index (χ1v) is 14.9.